The molecule has 87 heavy (non-hydrogen) atoms. The van der Waals surface area contributed by atoms with Crippen molar-refractivity contribution in [2.45, 2.75) is 73.0 Å². The van der Waals surface area contributed by atoms with E-state index in [2.05, 4.69) is 215 Å². The third-order valence-corrected chi connectivity index (χ3v) is 18.3. The maximum atomic E-state index is 12.9. The van der Waals surface area contributed by atoms with Crippen molar-refractivity contribution in [3.05, 3.63) is 327 Å². The monoisotopic (exact) mass is 1150 g/mol. The highest BCUT2D eigenvalue weighted by Crippen LogP contribution is 2.63. The number of carbonyl (C=O) groups is 5. The number of nitrogens with zero attached hydrogens (tertiary/aromatic N) is 5. The van der Waals surface area contributed by atoms with Gasteiger partial charge in [0.15, 0.2) is 62.0 Å². The Labute approximate surface area is 511 Å². The summed E-state index contributed by atoms with van der Waals surface area (Å²) >= 11 is 0. The number of aromatic nitrogens is 5. The second kappa shape index (κ2) is 27.5. The van der Waals surface area contributed by atoms with Gasteiger partial charge in [0.25, 0.3) is 0 Å². The van der Waals surface area contributed by atoms with Crippen molar-refractivity contribution < 1.29 is 46.8 Å². The molecule has 0 amide bonds. The van der Waals surface area contributed by atoms with Gasteiger partial charge in [0.05, 0.1) is 0 Å². The van der Waals surface area contributed by atoms with Crippen LogP contribution in [0.4, 0.5) is 0 Å². The average molecular weight is 1150 g/mol. The molecule has 434 valence electrons. The lowest BCUT2D eigenvalue weighted by Crippen LogP contribution is -2.37. The van der Waals surface area contributed by atoms with Crippen molar-refractivity contribution in [2.75, 3.05) is 0 Å². The van der Waals surface area contributed by atoms with E-state index in [1.807, 2.05) is 100 Å². The van der Waals surface area contributed by atoms with E-state index >= 15 is 0 Å². The molecule has 0 spiro atoms. The van der Waals surface area contributed by atoms with Crippen LogP contribution in [0.3, 0.4) is 0 Å². The van der Waals surface area contributed by atoms with Crippen LogP contribution < -0.4 is 22.8 Å². The van der Waals surface area contributed by atoms with Gasteiger partial charge in [-0.05, 0) is 115 Å². The Morgan fingerprint density at radius 2 is 0.345 bits per heavy atom. The summed E-state index contributed by atoms with van der Waals surface area (Å²) in [5.41, 5.74) is 13.5. The second-order valence-electron chi connectivity index (χ2n) is 23.7. The lowest BCUT2D eigenvalue weighted by Gasteiger charge is -2.49. The number of aldehydes is 5. The van der Waals surface area contributed by atoms with Gasteiger partial charge in [-0.15, -0.1) is 0 Å². The van der Waals surface area contributed by atoms with Crippen LogP contribution in [0, 0.1) is 0 Å². The van der Waals surface area contributed by atoms with E-state index in [1.165, 1.54) is 0 Å². The molecule has 0 fully saturated rings. The summed E-state index contributed by atoms with van der Waals surface area (Å²) in [7, 11) is 10.2. The molecular formula is C77H76N5O5+5. The average Bonchev–Trinajstić information content (AvgIpc) is 0.986. The zero-order valence-corrected chi connectivity index (χ0v) is 50.5. The molecule has 0 aliphatic carbocycles. The Morgan fingerprint density at radius 1 is 0.207 bits per heavy atom. The Bertz CT molecular complexity index is 3930. The number of carbonyl (C=O) groups excluding carboxylic acids is 5. The van der Waals surface area contributed by atoms with Gasteiger partial charge >= 0.3 is 0 Å². The molecule has 10 heteroatoms. The summed E-state index contributed by atoms with van der Waals surface area (Å²) in [6.45, 7) is 4.61. The van der Waals surface area contributed by atoms with Gasteiger partial charge in [0.2, 0.25) is 0 Å². The van der Waals surface area contributed by atoms with Crippen molar-refractivity contribution in [3.63, 3.8) is 0 Å². The molecule has 0 aliphatic heterocycles. The van der Waals surface area contributed by atoms with Gasteiger partial charge < -0.3 is 0 Å². The van der Waals surface area contributed by atoms with E-state index < -0.39 is 23.7 Å². The summed E-state index contributed by atoms with van der Waals surface area (Å²) in [6.07, 6.45) is 25.7. The standard InChI is InChI=1S/C77H76N5O5/c1-53(60-18-8-55(48-83)9-19-60)71(66-30-40-79(4)41-31-66)73(67-32-42-80(5)43-33-67)74(64-24-14-58(51-86)15-25-64)75(65-26-16-59(52-87)17-27-65)77(69-36-46-82(7)47-37-69)76(68-34-44-81(6)45-35-68)72(63-22-12-57(50-85)13-23-63)70(62-20-10-56(49-84)11-21-62)54(2)61-28-38-78(3)39-29-61/h8-54,70-77H,1-7H3/q+5. The lowest BCUT2D eigenvalue weighted by atomic mass is 9.54. The van der Waals surface area contributed by atoms with Crippen LogP contribution in [0.1, 0.15) is 180 Å². The molecular weight excluding hydrogens is 1070 g/mol. The molecule has 0 saturated carbocycles. The van der Waals surface area contributed by atoms with Crippen molar-refractivity contribution in [1.29, 1.82) is 0 Å². The number of benzene rings is 5. The minimum Gasteiger partial charge on any atom is -0.298 e. The number of rotatable bonds is 24. The largest absolute Gasteiger partial charge is 0.298 e. The fraction of sp³-hybridized carbons (Fsp3) is 0.221. The number of pyridine rings is 5. The minimum absolute atomic E-state index is 0.134. The fourth-order valence-corrected chi connectivity index (χ4v) is 13.7. The van der Waals surface area contributed by atoms with E-state index in [1.54, 1.807) is 0 Å². The summed E-state index contributed by atoms with van der Waals surface area (Å²) in [5.74, 6) is -3.21. The van der Waals surface area contributed by atoms with Crippen LogP contribution in [0.25, 0.3) is 0 Å². The van der Waals surface area contributed by atoms with Gasteiger partial charge in [0.1, 0.15) is 66.7 Å². The first-order valence-electron chi connectivity index (χ1n) is 29.8. The predicted molar refractivity (Wildman–Crippen MR) is 336 cm³/mol. The summed E-state index contributed by atoms with van der Waals surface area (Å²) in [5, 5.41) is 0. The molecule has 10 aromatic rings. The summed E-state index contributed by atoms with van der Waals surface area (Å²) in [6, 6.07) is 63.0. The summed E-state index contributed by atoms with van der Waals surface area (Å²) < 4.78 is 10.3. The highest BCUT2D eigenvalue weighted by Gasteiger charge is 2.50. The van der Waals surface area contributed by atoms with E-state index in [0.29, 0.717) is 27.8 Å². The number of aryl methyl sites for hydroxylation is 5. The maximum absolute atomic E-state index is 12.9. The third kappa shape index (κ3) is 13.5. The molecule has 0 N–H and O–H groups in total. The minimum atomic E-state index is -0.453. The molecule has 10 atom stereocenters. The molecule has 0 bridgehead atoms. The maximum Gasteiger partial charge on any atom is 0.168 e. The third-order valence-electron chi connectivity index (χ3n) is 18.3. The van der Waals surface area contributed by atoms with Gasteiger partial charge in [-0.2, -0.15) is 0 Å². The zero-order valence-electron chi connectivity index (χ0n) is 50.5. The highest BCUT2D eigenvalue weighted by atomic mass is 16.1. The summed E-state index contributed by atoms with van der Waals surface area (Å²) in [4.78, 5) is 63.3. The number of hydrogen-bond donors (Lipinski definition) is 0. The first-order valence-corrected chi connectivity index (χ1v) is 29.8. The lowest BCUT2D eigenvalue weighted by molar-refractivity contribution is -0.671. The highest BCUT2D eigenvalue weighted by molar-refractivity contribution is 5.77. The number of hydrogen-bond acceptors (Lipinski definition) is 5. The van der Waals surface area contributed by atoms with Crippen molar-refractivity contribution >= 4 is 31.4 Å². The SMILES string of the molecule is CC(c1ccc(C=O)cc1)C(c1cc[n+](C)cc1)C(c1cc[n+](C)cc1)C(c1ccc(C=O)cc1)C(c1ccc(C=O)cc1)C(c1cc[n+](C)cc1)C(c1cc[n+](C)cc1)C(c1ccc(C=O)cc1)C(c1ccc(C=O)cc1)C(C)c1cc[n+](C)cc1. The van der Waals surface area contributed by atoms with Gasteiger partial charge in [-0.3, -0.25) is 24.0 Å². The Balaban J connectivity index is 1.40. The molecule has 5 heterocycles. The van der Waals surface area contributed by atoms with Crippen molar-refractivity contribution in [2.24, 2.45) is 35.2 Å². The molecule has 10 rings (SSSR count). The van der Waals surface area contributed by atoms with Gasteiger partial charge in [-0.25, -0.2) is 22.8 Å². The van der Waals surface area contributed by atoms with Crippen LogP contribution in [-0.4, -0.2) is 31.4 Å². The molecule has 10 unspecified atom stereocenters. The molecule has 5 aromatic carbocycles. The normalized spacial score (nSPS) is 14.8. The van der Waals surface area contributed by atoms with Crippen molar-refractivity contribution in [3.8, 4) is 0 Å². The van der Waals surface area contributed by atoms with E-state index in [0.717, 1.165) is 87.1 Å². The van der Waals surface area contributed by atoms with Crippen LogP contribution in [-0.2, 0) is 35.2 Å². The van der Waals surface area contributed by atoms with Gasteiger partial charge in [-0.1, -0.05) is 135 Å². The Kier molecular flexibility index (Phi) is 19.1. The van der Waals surface area contributed by atoms with Crippen LogP contribution in [0.5, 0.6) is 0 Å². The molecule has 0 radical (unpaired) electrons. The van der Waals surface area contributed by atoms with Gasteiger partial charge in [0, 0.05) is 88.5 Å². The van der Waals surface area contributed by atoms with E-state index in [9.17, 15) is 24.0 Å². The predicted octanol–water partition coefficient (Wildman–Crippen LogP) is 12.0. The van der Waals surface area contributed by atoms with Crippen LogP contribution >= 0.6 is 0 Å². The molecule has 10 nitrogen and oxygen atoms in total. The Morgan fingerprint density at radius 3 is 0.552 bits per heavy atom. The molecule has 0 aliphatic rings. The second-order valence-corrected chi connectivity index (χ2v) is 23.7. The van der Waals surface area contributed by atoms with E-state index in [-0.39, 0.29) is 35.5 Å². The first-order chi connectivity index (χ1) is 42.3. The Hall–Kier alpha value is -9.80. The quantitative estimate of drug-likeness (QED) is 0.0443. The topological polar surface area (TPSA) is 105 Å². The molecule has 5 aromatic heterocycles. The first kappa shape index (κ1) is 60.3. The van der Waals surface area contributed by atoms with E-state index in [4.69, 9.17) is 0 Å². The van der Waals surface area contributed by atoms with Crippen molar-refractivity contribution in [1.82, 2.24) is 0 Å². The smallest absolute Gasteiger partial charge is 0.168 e. The molecule has 0 saturated heterocycles. The van der Waals surface area contributed by atoms with Crippen LogP contribution in [0.2, 0.25) is 0 Å². The fourth-order valence-electron chi connectivity index (χ4n) is 13.7. The zero-order chi connectivity index (χ0) is 61.1. The van der Waals surface area contributed by atoms with Crippen LogP contribution in [0.15, 0.2) is 244 Å².